The molecule has 2 aromatic carbocycles. The summed E-state index contributed by atoms with van der Waals surface area (Å²) in [4.78, 5) is 14.6. The average molecular weight is 393 g/mol. The molecule has 0 fully saturated rings. The lowest BCUT2D eigenvalue weighted by Crippen LogP contribution is -2.37. The molecule has 0 saturated carbocycles. The topological polar surface area (TPSA) is 47.4 Å². The monoisotopic (exact) mass is 393 g/mol. The number of ether oxygens (including phenoxy) is 1. The third-order valence-corrected chi connectivity index (χ3v) is 5.27. The highest BCUT2D eigenvalue weighted by molar-refractivity contribution is 5.79. The molecule has 29 heavy (non-hydrogen) atoms. The maximum Gasteiger partial charge on any atom is 0.227 e. The lowest BCUT2D eigenvalue weighted by atomic mass is 10.0. The number of halogens is 1. The molecule has 0 radical (unpaired) electrons. The van der Waals surface area contributed by atoms with Crippen molar-refractivity contribution < 1.29 is 13.9 Å². The molecule has 2 heterocycles. The minimum atomic E-state index is -0.318. The van der Waals surface area contributed by atoms with Crippen molar-refractivity contribution in [2.24, 2.45) is 7.05 Å². The Hall–Kier alpha value is -2.99. The Balaban J connectivity index is 1.42. The van der Waals surface area contributed by atoms with Crippen LogP contribution in [0.2, 0.25) is 0 Å². The van der Waals surface area contributed by atoms with Crippen molar-refractivity contribution in [3.05, 3.63) is 88.5 Å². The predicted octanol–water partition coefficient (Wildman–Crippen LogP) is 3.40. The maximum atomic E-state index is 13.4. The fraction of sp³-hybridized carbons (Fsp3) is 0.304. The van der Waals surface area contributed by atoms with E-state index in [0.29, 0.717) is 31.9 Å². The van der Waals surface area contributed by atoms with Crippen LogP contribution in [0, 0.1) is 5.82 Å². The molecule has 0 N–H and O–H groups in total. The number of nitrogens with zero attached hydrogens (tertiary/aromatic N) is 3. The Morgan fingerprint density at radius 2 is 1.90 bits per heavy atom. The lowest BCUT2D eigenvalue weighted by molar-refractivity contribution is -0.131. The van der Waals surface area contributed by atoms with Crippen LogP contribution in [0.15, 0.2) is 54.6 Å². The third kappa shape index (κ3) is 4.54. The van der Waals surface area contributed by atoms with Crippen molar-refractivity contribution in [2.75, 3.05) is 6.54 Å². The van der Waals surface area contributed by atoms with Gasteiger partial charge in [-0.1, -0.05) is 42.5 Å². The van der Waals surface area contributed by atoms with E-state index in [0.717, 1.165) is 28.9 Å². The average Bonchev–Trinajstić information content (AvgIpc) is 3.04. The van der Waals surface area contributed by atoms with Crippen LogP contribution in [-0.2, 0) is 49.2 Å². The fourth-order valence-corrected chi connectivity index (χ4v) is 3.77. The summed E-state index contributed by atoms with van der Waals surface area (Å²) < 4.78 is 21.2. The van der Waals surface area contributed by atoms with E-state index in [4.69, 9.17) is 4.74 Å². The Bertz CT molecular complexity index is 1000. The second-order valence-corrected chi connectivity index (χ2v) is 7.35. The largest absolute Gasteiger partial charge is 0.370 e. The van der Waals surface area contributed by atoms with Crippen LogP contribution in [0.4, 0.5) is 4.39 Å². The number of amides is 1. The van der Waals surface area contributed by atoms with Gasteiger partial charge in [0.2, 0.25) is 5.91 Å². The van der Waals surface area contributed by atoms with Crippen molar-refractivity contribution in [1.82, 2.24) is 14.7 Å². The molecular formula is C23H24FN3O2. The maximum absolute atomic E-state index is 13.4. The highest BCUT2D eigenvalue weighted by Gasteiger charge is 2.26. The van der Waals surface area contributed by atoms with Crippen LogP contribution in [0.25, 0.3) is 0 Å². The first-order valence-electron chi connectivity index (χ1n) is 9.77. The Morgan fingerprint density at radius 3 is 2.69 bits per heavy atom. The highest BCUT2D eigenvalue weighted by Crippen LogP contribution is 2.24. The zero-order chi connectivity index (χ0) is 20.2. The molecule has 150 valence electrons. The molecule has 1 aromatic heterocycles. The van der Waals surface area contributed by atoms with Gasteiger partial charge in [0.25, 0.3) is 0 Å². The van der Waals surface area contributed by atoms with Crippen LogP contribution in [0.1, 0.15) is 28.1 Å². The van der Waals surface area contributed by atoms with Gasteiger partial charge in [-0.3, -0.25) is 9.48 Å². The summed E-state index contributed by atoms with van der Waals surface area (Å²) in [6, 6.07) is 16.2. The Kier molecular flexibility index (Phi) is 5.71. The van der Waals surface area contributed by atoms with Crippen LogP contribution < -0.4 is 0 Å². The second-order valence-electron chi connectivity index (χ2n) is 7.35. The van der Waals surface area contributed by atoms with Gasteiger partial charge in [-0.15, -0.1) is 0 Å². The van der Waals surface area contributed by atoms with Crippen LogP contribution in [-0.4, -0.2) is 27.1 Å². The SMILES string of the molecule is Cn1nc(COCc2ccccc2)c2c1CCN(C(=O)Cc1cccc(F)c1)C2. The van der Waals surface area contributed by atoms with Crippen LogP contribution >= 0.6 is 0 Å². The van der Waals surface area contributed by atoms with Crippen LogP contribution in [0.5, 0.6) is 0 Å². The number of carbonyl (C=O) groups is 1. The van der Waals surface area contributed by atoms with E-state index in [1.165, 1.54) is 12.1 Å². The third-order valence-electron chi connectivity index (χ3n) is 5.27. The predicted molar refractivity (Wildman–Crippen MR) is 107 cm³/mol. The molecule has 0 atom stereocenters. The van der Waals surface area contributed by atoms with Crippen molar-refractivity contribution >= 4 is 5.91 Å². The number of hydrogen-bond acceptors (Lipinski definition) is 3. The summed E-state index contributed by atoms with van der Waals surface area (Å²) >= 11 is 0. The molecule has 1 amide bonds. The number of rotatable bonds is 6. The van der Waals surface area contributed by atoms with Gasteiger partial charge in [0.1, 0.15) is 5.82 Å². The summed E-state index contributed by atoms with van der Waals surface area (Å²) in [7, 11) is 1.93. The quantitative estimate of drug-likeness (QED) is 0.645. The molecule has 0 bridgehead atoms. The molecule has 4 rings (SSSR count). The number of aryl methyl sites for hydroxylation is 1. The molecular weight excluding hydrogens is 369 g/mol. The molecule has 0 aliphatic carbocycles. The first-order chi connectivity index (χ1) is 14.1. The first kappa shape index (κ1) is 19.3. The normalized spacial score (nSPS) is 13.4. The summed E-state index contributed by atoms with van der Waals surface area (Å²) in [6.45, 7) is 2.09. The second kappa shape index (κ2) is 8.57. The molecule has 1 aliphatic heterocycles. The number of fused-ring (bicyclic) bond motifs is 1. The fourth-order valence-electron chi connectivity index (χ4n) is 3.77. The van der Waals surface area contributed by atoms with E-state index >= 15 is 0 Å². The zero-order valence-electron chi connectivity index (χ0n) is 16.5. The van der Waals surface area contributed by atoms with Gasteiger partial charge in [0.05, 0.1) is 25.3 Å². The molecule has 3 aromatic rings. The van der Waals surface area contributed by atoms with Crippen LogP contribution in [0.3, 0.4) is 0 Å². The Labute approximate surface area is 169 Å². The number of aromatic nitrogens is 2. The highest BCUT2D eigenvalue weighted by atomic mass is 19.1. The van der Waals surface area contributed by atoms with E-state index in [1.807, 2.05) is 47.0 Å². The van der Waals surface area contributed by atoms with Gasteiger partial charge >= 0.3 is 0 Å². The molecule has 0 saturated heterocycles. The van der Waals surface area contributed by atoms with E-state index in [9.17, 15) is 9.18 Å². The van der Waals surface area contributed by atoms with E-state index in [-0.39, 0.29) is 18.1 Å². The molecule has 0 unspecified atom stereocenters. The number of carbonyl (C=O) groups excluding carboxylic acids is 1. The molecule has 6 heteroatoms. The van der Waals surface area contributed by atoms with Gasteiger partial charge in [-0.2, -0.15) is 5.10 Å². The summed E-state index contributed by atoms with van der Waals surface area (Å²) in [5.74, 6) is -0.317. The van der Waals surface area contributed by atoms with Crippen molar-refractivity contribution in [2.45, 2.75) is 32.6 Å². The zero-order valence-corrected chi connectivity index (χ0v) is 16.5. The minimum absolute atomic E-state index is 0.00116. The van der Waals surface area contributed by atoms with Gasteiger partial charge in [-0.05, 0) is 23.3 Å². The number of benzene rings is 2. The summed E-state index contributed by atoms with van der Waals surface area (Å²) in [5.41, 5.74) is 4.90. The van der Waals surface area contributed by atoms with E-state index < -0.39 is 0 Å². The van der Waals surface area contributed by atoms with Gasteiger partial charge in [0, 0.05) is 37.8 Å². The summed E-state index contributed by atoms with van der Waals surface area (Å²) in [6.07, 6.45) is 0.958. The number of hydrogen-bond donors (Lipinski definition) is 0. The van der Waals surface area contributed by atoms with Gasteiger partial charge in [-0.25, -0.2) is 4.39 Å². The minimum Gasteiger partial charge on any atom is -0.370 e. The van der Waals surface area contributed by atoms with Crippen molar-refractivity contribution in [3.63, 3.8) is 0 Å². The Morgan fingerprint density at radius 1 is 1.10 bits per heavy atom. The smallest absolute Gasteiger partial charge is 0.227 e. The lowest BCUT2D eigenvalue weighted by Gasteiger charge is -2.28. The summed E-state index contributed by atoms with van der Waals surface area (Å²) in [5, 5.41) is 4.62. The van der Waals surface area contributed by atoms with Crippen molar-refractivity contribution in [3.8, 4) is 0 Å². The van der Waals surface area contributed by atoms with E-state index in [1.54, 1.807) is 12.1 Å². The molecule has 0 spiro atoms. The standard InChI is InChI=1S/C23H24FN3O2/c1-26-22-10-11-27(23(28)13-18-8-5-9-19(24)12-18)14-20(22)21(25-26)16-29-15-17-6-3-2-4-7-17/h2-9,12H,10-11,13-16H2,1H3. The molecule has 1 aliphatic rings. The van der Waals surface area contributed by atoms with Crippen molar-refractivity contribution in [1.29, 1.82) is 0 Å². The van der Waals surface area contributed by atoms with Gasteiger partial charge in [0.15, 0.2) is 0 Å². The van der Waals surface area contributed by atoms with E-state index in [2.05, 4.69) is 5.10 Å². The first-order valence-corrected chi connectivity index (χ1v) is 9.77. The van der Waals surface area contributed by atoms with Gasteiger partial charge < -0.3 is 9.64 Å². The molecule has 5 nitrogen and oxygen atoms in total.